The van der Waals surface area contributed by atoms with Crippen LogP contribution in [0.15, 0.2) is 185 Å². The van der Waals surface area contributed by atoms with E-state index in [1.165, 1.54) is 21.5 Å². The van der Waals surface area contributed by atoms with Crippen molar-refractivity contribution in [3.63, 3.8) is 0 Å². The van der Waals surface area contributed by atoms with Crippen LogP contribution in [0.2, 0.25) is 0 Å². The predicted molar refractivity (Wildman–Crippen MR) is 217 cm³/mol. The summed E-state index contributed by atoms with van der Waals surface area (Å²) in [6.45, 7) is 0. The summed E-state index contributed by atoms with van der Waals surface area (Å²) in [5, 5.41) is 9.38. The highest BCUT2D eigenvalue weighted by molar-refractivity contribution is 6.00. The second kappa shape index (κ2) is 11.7. The van der Waals surface area contributed by atoms with E-state index >= 15 is 0 Å². The van der Waals surface area contributed by atoms with Crippen molar-refractivity contribution in [1.29, 1.82) is 0 Å². The Morgan fingerprint density at radius 2 is 0.698 bits per heavy atom. The molecule has 0 aliphatic carbocycles. The number of fused-ring (bicyclic) bond motifs is 6. The lowest BCUT2D eigenvalue weighted by molar-refractivity contribution is 0.620. The average Bonchev–Trinajstić information content (AvgIpc) is 3.82. The number of nitrogens with zero attached hydrogens (tertiary/aromatic N) is 3. The van der Waals surface area contributed by atoms with Crippen LogP contribution in [0.4, 0.5) is 17.1 Å². The Morgan fingerprint density at radius 1 is 0.321 bits per heavy atom. The summed E-state index contributed by atoms with van der Waals surface area (Å²) in [5.41, 5.74) is 8.15. The molecule has 2 heterocycles. The second-order valence-corrected chi connectivity index (χ2v) is 13.5. The van der Waals surface area contributed by atoms with Gasteiger partial charge in [-0.15, -0.1) is 0 Å². The molecular weight excluding hydrogens is 651 g/mol. The zero-order valence-corrected chi connectivity index (χ0v) is 28.4. The van der Waals surface area contributed by atoms with E-state index in [0.29, 0.717) is 11.8 Å². The molecular formula is C48H29N3O2. The summed E-state index contributed by atoms with van der Waals surface area (Å²) < 4.78 is 12.5. The van der Waals surface area contributed by atoms with E-state index in [4.69, 9.17) is 18.8 Å². The number of aromatic nitrogens is 2. The zero-order valence-electron chi connectivity index (χ0n) is 28.4. The molecule has 0 saturated heterocycles. The van der Waals surface area contributed by atoms with Crippen LogP contribution >= 0.6 is 0 Å². The van der Waals surface area contributed by atoms with E-state index in [9.17, 15) is 0 Å². The Balaban J connectivity index is 0.995. The van der Waals surface area contributed by atoms with Crippen LogP contribution < -0.4 is 4.90 Å². The predicted octanol–water partition coefficient (Wildman–Crippen LogP) is 13.4. The topological polar surface area (TPSA) is 55.3 Å². The van der Waals surface area contributed by atoms with Crippen LogP contribution in [-0.4, -0.2) is 9.97 Å². The van der Waals surface area contributed by atoms with E-state index < -0.39 is 0 Å². The molecule has 2 aromatic heterocycles. The molecule has 9 aromatic carbocycles. The van der Waals surface area contributed by atoms with Crippen LogP contribution in [0.1, 0.15) is 0 Å². The third-order valence-electron chi connectivity index (χ3n) is 10.2. The van der Waals surface area contributed by atoms with Crippen molar-refractivity contribution in [3.05, 3.63) is 176 Å². The number of benzene rings is 9. The number of hydrogen-bond acceptors (Lipinski definition) is 5. The molecule has 5 heteroatoms. The van der Waals surface area contributed by atoms with E-state index in [1.807, 2.05) is 24.3 Å². The second-order valence-electron chi connectivity index (χ2n) is 13.5. The fourth-order valence-corrected chi connectivity index (χ4v) is 7.49. The highest BCUT2D eigenvalue weighted by atomic mass is 16.4. The summed E-state index contributed by atoms with van der Waals surface area (Å²) in [5.74, 6) is 1.20. The van der Waals surface area contributed by atoms with Crippen LogP contribution in [0, 0.1) is 0 Å². The van der Waals surface area contributed by atoms with Gasteiger partial charge in [-0.05, 0) is 140 Å². The Morgan fingerprint density at radius 3 is 1.17 bits per heavy atom. The fourth-order valence-electron chi connectivity index (χ4n) is 7.49. The Kier molecular flexibility index (Phi) is 6.48. The first-order valence-electron chi connectivity index (χ1n) is 17.7. The molecule has 0 N–H and O–H groups in total. The molecule has 5 nitrogen and oxygen atoms in total. The molecule has 0 atom stereocenters. The lowest BCUT2D eigenvalue weighted by atomic mass is 10.0. The SMILES string of the molecule is c1ccc2cc3cc(N(c4ccc(-c5nc6cc7ccccc7cc6o5)cc4)c4ccc(-c5nc6cc7ccccc7cc6o5)cc4)ccc3cc2c1. The first-order valence-corrected chi connectivity index (χ1v) is 17.7. The van der Waals surface area contributed by atoms with Crippen LogP contribution in [0.5, 0.6) is 0 Å². The highest BCUT2D eigenvalue weighted by Gasteiger charge is 2.17. The monoisotopic (exact) mass is 679 g/mol. The van der Waals surface area contributed by atoms with E-state index in [0.717, 1.165) is 71.9 Å². The largest absolute Gasteiger partial charge is 0.436 e. The summed E-state index contributed by atoms with van der Waals surface area (Å²) >= 11 is 0. The van der Waals surface area contributed by atoms with Crippen LogP contribution in [0.3, 0.4) is 0 Å². The molecule has 0 bridgehead atoms. The summed E-state index contributed by atoms with van der Waals surface area (Å²) in [7, 11) is 0. The first-order chi connectivity index (χ1) is 26.2. The molecule has 0 unspecified atom stereocenters. The molecule has 0 aliphatic heterocycles. The molecule has 0 saturated carbocycles. The summed E-state index contributed by atoms with van der Waals surface area (Å²) in [4.78, 5) is 12.0. The molecule has 0 amide bonds. The van der Waals surface area contributed by atoms with Gasteiger partial charge in [-0.25, -0.2) is 9.97 Å². The maximum atomic E-state index is 6.27. The van der Waals surface area contributed by atoms with Crippen LogP contribution in [0.25, 0.3) is 88.2 Å². The molecule has 0 fully saturated rings. The van der Waals surface area contributed by atoms with Crippen molar-refractivity contribution in [1.82, 2.24) is 9.97 Å². The Hall–Kier alpha value is -7.24. The average molecular weight is 680 g/mol. The minimum atomic E-state index is 0.599. The third kappa shape index (κ3) is 5.09. The third-order valence-corrected chi connectivity index (χ3v) is 10.2. The number of oxazole rings is 2. The van der Waals surface area contributed by atoms with Gasteiger partial charge in [-0.1, -0.05) is 78.9 Å². The highest BCUT2D eigenvalue weighted by Crippen LogP contribution is 2.39. The molecule has 11 rings (SSSR count). The lowest BCUT2D eigenvalue weighted by Crippen LogP contribution is -2.09. The Labute approximate surface area is 304 Å². The maximum Gasteiger partial charge on any atom is 0.227 e. The minimum Gasteiger partial charge on any atom is -0.436 e. The number of anilines is 3. The number of rotatable bonds is 5. The quantitative estimate of drug-likeness (QED) is 0.169. The van der Waals surface area contributed by atoms with Gasteiger partial charge in [0.2, 0.25) is 11.8 Å². The van der Waals surface area contributed by atoms with Crippen molar-refractivity contribution in [2.24, 2.45) is 0 Å². The minimum absolute atomic E-state index is 0.599. The van der Waals surface area contributed by atoms with Crippen LogP contribution in [-0.2, 0) is 0 Å². The van der Waals surface area contributed by atoms with Gasteiger partial charge in [0.1, 0.15) is 11.0 Å². The van der Waals surface area contributed by atoms with Crippen molar-refractivity contribution in [2.75, 3.05) is 4.90 Å². The van der Waals surface area contributed by atoms with Gasteiger partial charge in [0.15, 0.2) is 11.2 Å². The van der Waals surface area contributed by atoms with E-state index in [2.05, 4.69) is 157 Å². The van der Waals surface area contributed by atoms with Crippen molar-refractivity contribution < 1.29 is 8.83 Å². The molecule has 0 aliphatic rings. The maximum absolute atomic E-state index is 6.27. The lowest BCUT2D eigenvalue weighted by Gasteiger charge is -2.26. The fraction of sp³-hybridized carbons (Fsp3) is 0. The van der Waals surface area contributed by atoms with Gasteiger partial charge in [-0.2, -0.15) is 0 Å². The molecule has 53 heavy (non-hydrogen) atoms. The van der Waals surface area contributed by atoms with Gasteiger partial charge in [0, 0.05) is 28.2 Å². The van der Waals surface area contributed by atoms with Crippen molar-refractivity contribution in [3.8, 4) is 22.9 Å². The van der Waals surface area contributed by atoms with Gasteiger partial charge in [-0.3, -0.25) is 0 Å². The zero-order chi connectivity index (χ0) is 34.9. The summed E-state index contributed by atoms with van der Waals surface area (Å²) in [6, 6.07) is 61.4. The summed E-state index contributed by atoms with van der Waals surface area (Å²) in [6.07, 6.45) is 0. The van der Waals surface area contributed by atoms with Gasteiger partial charge >= 0.3 is 0 Å². The van der Waals surface area contributed by atoms with Gasteiger partial charge < -0.3 is 13.7 Å². The smallest absolute Gasteiger partial charge is 0.227 e. The molecule has 11 aromatic rings. The standard InChI is InChI=1S/C48H29N3O2/c1-2-8-33-24-39-25-42(22-17-38(39)23-32(33)7-1)51(40-18-13-30(14-19-40)47-49-43-26-34-9-3-5-11-36(34)28-45(43)52-47)41-20-15-31(16-21-41)48-50-44-27-35-10-4-6-12-37(35)29-46(44)53-48/h1-29H. The normalized spacial score (nSPS) is 11.8. The van der Waals surface area contributed by atoms with Crippen molar-refractivity contribution in [2.45, 2.75) is 0 Å². The van der Waals surface area contributed by atoms with Gasteiger partial charge in [0.25, 0.3) is 0 Å². The molecule has 0 radical (unpaired) electrons. The van der Waals surface area contributed by atoms with E-state index in [-0.39, 0.29) is 0 Å². The first kappa shape index (κ1) is 29.5. The molecule has 248 valence electrons. The Bertz CT molecular complexity index is 2910. The number of hydrogen-bond donors (Lipinski definition) is 0. The van der Waals surface area contributed by atoms with Gasteiger partial charge in [0.05, 0.1) is 0 Å². The molecule has 0 spiro atoms. The van der Waals surface area contributed by atoms with Crippen molar-refractivity contribution >= 4 is 82.4 Å². The van der Waals surface area contributed by atoms with E-state index in [1.54, 1.807) is 0 Å².